The zero-order chi connectivity index (χ0) is 15.2. The molecule has 0 fully saturated rings. The molecule has 0 bridgehead atoms. The van der Waals surface area contributed by atoms with Crippen LogP contribution in [0, 0.1) is 13.8 Å². The van der Waals surface area contributed by atoms with Gasteiger partial charge in [-0.3, -0.25) is 4.79 Å². The number of halogens is 1. The first kappa shape index (κ1) is 16.1. The molecule has 4 heteroatoms. The van der Waals surface area contributed by atoms with Crippen LogP contribution >= 0.6 is 27.7 Å². The molecule has 0 aliphatic heterocycles. The lowest BCUT2D eigenvalue weighted by molar-refractivity contribution is -0.113. The lowest BCUT2D eigenvalue weighted by Crippen LogP contribution is -2.14. The van der Waals surface area contributed by atoms with E-state index in [1.165, 1.54) is 16.7 Å². The van der Waals surface area contributed by atoms with Gasteiger partial charge in [-0.2, -0.15) is 0 Å². The van der Waals surface area contributed by atoms with Crippen LogP contribution < -0.4 is 5.32 Å². The summed E-state index contributed by atoms with van der Waals surface area (Å²) in [6, 6.07) is 14.1. The maximum Gasteiger partial charge on any atom is 0.234 e. The summed E-state index contributed by atoms with van der Waals surface area (Å²) in [7, 11) is 0. The number of hydrogen-bond donors (Lipinski definition) is 1. The molecule has 0 spiro atoms. The molecule has 1 N–H and O–H groups in total. The van der Waals surface area contributed by atoms with E-state index in [1.54, 1.807) is 11.8 Å². The number of thioether (sulfide) groups is 1. The van der Waals surface area contributed by atoms with E-state index in [2.05, 4.69) is 53.3 Å². The predicted octanol–water partition coefficient (Wildman–Crippen LogP) is 4.94. The van der Waals surface area contributed by atoms with Crippen LogP contribution in [-0.2, 0) is 10.5 Å². The summed E-state index contributed by atoms with van der Waals surface area (Å²) >= 11 is 5.01. The summed E-state index contributed by atoms with van der Waals surface area (Å²) in [4.78, 5) is 11.9. The molecule has 2 nitrogen and oxygen atoms in total. The van der Waals surface area contributed by atoms with Gasteiger partial charge in [-0.25, -0.2) is 0 Å². The van der Waals surface area contributed by atoms with Gasteiger partial charge in [0.1, 0.15) is 0 Å². The molecule has 0 aromatic heterocycles. The average Bonchev–Trinajstić information content (AvgIpc) is 2.40. The highest BCUT2D eigenvalue weighted by Gasteiger charge is 2.03. The lowest BCUT2D eigenvalue weighted by Gasteiger charge is -2.07. The number of amides is 1. The molecule has 0 unspecified atom stereocenters. The van der Waals surface area contributed by atoms with Crippen molar-refractivity contribution >= 4 is 39.3 Å². The van der Waals surface area contributed by atoms with E-state index in [1.807, 2.05) is 24.3 Å². The molecule has 0 saturated heterocycles. The number of rotatable bonds is 5. The monoisotopic (exact) mass is 363 g/mol. The van der Waals surface area contributed by atoms with Crippen molar-refractivity contribution in [3.05, 3.63) is 63.6 Å². The molecule has 0 saturated carbocycles. The smallest absolute Gasteiger partial charge is 0.234 e. The van der Waals surface area contributed by atoms with Crippen LogP contribution in [0.25, 0.3) is 0 Å². The summed E-state index contributed by atoms with van der Waals surface area (Å²) in [6.07, 6.45) is 0. The molecule has 0 heterocycles. The molecule has 21 heavy (non-hydrogen) atoms. The van der Waals surface area contributed by atoms with Crippen LogP contribution in [0.4, 0.5) is 5.69 Å². The molecule has 1 amide bonds. The van der Waals surface area contributed by atoms with Gasteiger partial charge in [-0.05, 0) is 43.7 Å². The van der Waals surface area contributed by atoms with Gasteiger partial charge in [-0.1, -0.05) is 45.3 Å². The van der Waals surface area contributed by atoms with E-state index >= 15 is 0 Å². The third-order valence-electron chi connectivity index (χ3n) is 2.91. The minimum atomic E-state index is 0.0340. The Hall–Kier alpha value is -1.26. The Morgan fingerprint density at radius 3 is 2.33 bits per heavy atom. The quantitative estimate of drug-likeness (QED) is 0.814. The van der Waals surface area contributed by atoms with Crippen molar-refractivity contribution < 1.29 is 4.79 Å². The second-order valence-corrected chi connectivity index (χ2v) is 6.95. The second kappa shape index (κ2) is 7.66. The summed E-state index contributed by atoms with van der Waals surface area (Å²) in [6.45, 7) is 4.20. The average molecular weight is 364 g/mol. The van der Waals surface area contributed by atoms with Crippen LogP contribution in [0.5, 0.6) is 0 Å². The van der Waals surface area contributed by atoms with Crippen molar-refractivity contribution in [1.29, 1.82) is 0 Å². The van der Waals surface area contributed by atoms with Crippen LogP contribution in [0.1, 0.15) is 16.7 Å². The Bertz CT molecular complexity index is 605. The van der Waals surface area contributed by atoms with Gasteiger partial charge < -0.3 is 5.32 Å². The van der Waals surface area contributed by atoms with E-state index in [0.717, 1.165) is 15.9 Å². The van der Waals surface area contributed by atoms with Crippen molar-refractivity contribution in [2.75, 3.05) is 11.1 Å². The SMILES string of the molecule is Cc1cc(C)cc(CSCC(=O)Nc2ccc(Br)cc2)c1. The largest absolute Gasteiger partial charge is 0.325 e. The van der Waals surface area contributed by atoms with Crippen LogP contribution in [0.2, 0.25) is 0 Å². The Morgan fingerprint density at radius 1 is 1.10 bits per heavy atom. The van der Waals surface area contributed by atoms with Gasteiger partial charge in [0, 0.05) is 15.9 Å². The molecule has 2 aromatic carbocycles. The van der Waals surface area contributed by atoms with Crippen molar-refractivity contribution in [1.82, 2.24) is 0 Å². The summed E-state index contributed by atoms with van der Waals surface area (Å²) in [5, 5.41) is 2.90. The second-order valence-electron chi connectivity index (χ2n) is 5.04. The highest BCUT2D eigenvalue weighted by Crippen LogP contribution is 2.17. The topological polar surface area (TPSA) is 29.1 Å². The minimum absolute atomic E-state index is 0.0340. The number of anilines is 1. The molecule has 0 aliphatic carbocycles. The van der Waals surface area contributed by atoms with Crippen molar-refractivity contribution in [2.24, 2.45) is 0 Å². The van der Waals surface area contributed by atoms with Crippen molar-refractivity contribution in [2.45, 2.75) is 19.6 Å². The Morgan fingerprint density at radius 2 is 1.71 bits per heavy atom. The third kappa shape index (κ3) is 5.56. The van der Waals surface area contributed by atoms with Gasteiger partial charge in [0.2, 0.25) is 5.91 Å². The van der Waals surface area contributed by atoms with E-state index in [4.69, 9.17) is 0 Å². The lowest BCUT2D eigenvalue weighted by atomic mass is 10.1. The Labute approximate surface area is 138 Å². The first-order valence-electron chi connectivity index (χ1n) is 6.73. The summed E-state index contributed by atoms with van der Waals surface area (Å²) < 4.78 is 1.00. The fourth-order valence-corrected chi connectivity index (χ4v) is 3.17. The maximum atomic E-state index is 11.9. The predicted molar refractivity (Wildman–Crippen MR) is 94.8 cm³/mol. The minimum Gasteiger partial charge on any atom is -0.325 e. The van der Waals surface area contributed by atoms with Crippen LogP contribution in [0.3, 0.4) is 0 Å². The number of aryl methyl sites for hydroxylation is 2. The third-order valence-corrected chi connectivity index (χ3v) is 4.44. The standard InChI is InChI=1S/C17H18BrNOS/c1-12-7-13(2)9-14(8-12)10-21-11-17(20)19-16-5-3-15(18)4-6-16/h3-9H,10-11H2,1-2H3,(H,19,20). The normalized spacial score (nSPS) is 10.4. The van der Waals surface area contributed by atoms with E-state index in [-0.39, 0.29) is 5.91 Å². The van der Waals surface area contributed by atoms with Gasteiger partial charge in [0.25, 0.3) is 0 Å². The summed E-state index contributed by atoms with van der Waals surface area (Å²) in [5.74, 6) is 1.35. The zero-order valence-corrected chi connectivity index (χ0v) is 14.6. The van der Waals surface area contributed by atoms with Gasteiger partial charge in [-0.15, -0.1) is 11.8 Å². The molecular weight excluding hydrogens is 346 g/mol. The maximum absolute atomic E-state index is 11.9. The number of hydrogen-bond acceptors (Lipinski definition) is 2. The van der Waals surface area contributed by atoms with Crippen molar-refractivity contribution in [3.63, 3.8) is 0 Å². The molecule has 0 radical (unpaired) electrons. The first-order chi connectivity index (χ1) is 10.0. The molecule has 0 aliphatic rings. The van der Waals surface area contributed by atoms with E-state index in [9.17, 15) is 4.79 Å². The zero-order valence-electron chi connectivity index (χ0n) is 12.2. The number of carbonyl (C=O) groups is 1. The first-order valence-corrected chi connectivity index (χ1v) is 8.68. The van der Waals surface area contributed by atoms with E-state index < -0.39 is 0 Å². The number of benzene rings is 2. The molecular formula is C17H18BrNOS. The fourth-order valence-electron chi connectivity index (χ4n) is 2.14. The van der Waals surface area contributed by atoms with Crippen molar-refractivity contribution in [3.8, 4) is 0 Å². The Kier molecular flexibility index (Phi) is 5.88. The van der Waals surface area contributed by atoms with Crippen LogP contribution in [-0.4, -0.2) is 11.7 Å². The highest BCUT2D eigenvalue weighted by atomic mass is 79.9. The van der Waals surface area contributed by atoms with Gasteiger partial charge in [0.05, 0.1) is 5.75 Å². The molecule has 110 valence electrons. The Balaban J connectivity index is 1.80. The van der Waals surface area contributed by atoms with Gasteiger partial charge >= 0.3 is 0 Å². The van der Waals surface area contributed by atoms with E-state index in [0.29, 0.717) is 5.75 Å². The highest BCUT2D eigenvalue weighted by molar-refractivity contribution is 9.10. The molecule has 0 atom stereocenters. The fraction of sp³-hybridized carbons (Fsp3) is 0.235. The number of carbonyl (C=O) groups excluding carboxylic acids is 1. The summed E-state index contributed by atoms with van der Waals surface area (Å²) in [5.41, 5.74) is 4.64. The number of nitrogens with one attached hydrogen (secondary N) is 1. The molecule has 2 aromatic rings. The van der Waals surface area contributed by atoms with Gasteiger partial charge in [0.15, 0.2) is 0 Å². The molecule has 2 rings (SSSR count). The van der Waals surface area contributed by atoms with Crippen LogP contribution in [0.15, 0.2) is 46.9 Å².